The Bertz CT molecular complexity index is 519. The Morgan fingerprint density at radius 1 is 1.43 bits per heavy atom. The summed E-state index contributed by atoms with van der Waals surface area (Å²) in [5.41, 5.74) is 1.86. The third-order valence-electron chi connectivity index (χ3n) is 3.49. The zero-order valence-corrected chi connectivity index (χ0v) is 14.4. The molecule has 2 rings (SSSR count). The molecule has 1 unspecified atom stereocenters. The summed E-state index contributed by atoms with van der Waals surface area (Å²) in [4.78, 5) is 13.1. The molecule has 0 spiro atoms. The number of amides is 1. The first-order valence-corrected chi connectivity index (χ1v) is 8.89. The van der Waals surface area contributed by atoms with Crippen LogP contribution in [0.15, 0.2) is 17.0 Å². The SMILES string of the molecule is CCCNC1C(=O)Nc2cc(SCCC(C)C)c(Cl)cc21. The van der Waals surface area contributed by atoms with Crippen LogP contribution in [0.5, 0.6) is 0 Å². The van der Waals surface area contributed by atoms with E-state index < -0.39 is 0 Å². The lowest BCUT2D eigenvalue weighted by Crippen LogP contribution is -2.27. The van der Waals surface area contributed by atoms with Crippen molar-refractivity contribution in [3.63, 3.8) is 0 Å². The van der Waals surface area contributed by atoms with Crippen LogP contribution in [0.2, 0.25) is 5.02 Å². The van der Waals surface area contributed by atoms with Crippen molar-refractivity contribution in [1.82, 2.24) is 5.32 Å². The quantitative estimate of drug-likeness (QED) is 0.726. The van der Waals surface area contributed by atoms with Gasteiger partial charge in [0.1, 0.15) is 6.04 Å². The van der Waals surface area contributed by atoms with Crippen LogP contribution in [0.1, 0.15) is 45.2 Å². The van der Waals surface area contributed by atoms with Crippen molar-refractivity contribution in [3.05, 3.63) is 22.7 Å². The highest BCUT2D eigenvalue weighted by Crippen LogP contribution is 2.39. The molecular formula is C16H23ClN2OS. The molecule has 0 saturated heterocycles. The molecule has 1 aromatic carbocycles. The van der Waals surface area contributed by atoms with E-state index in [2.05, 4.69) is 31.4 Å². The number of benzene rings is 1. The van der Waals surface area contributed by atoms with Gasteiger partial charge in [-0.1, -0.05) is 32.4 Å². The minimum Gasteiger partial charge on any atom is -0.324 e. The predicted molar refractivity (Wildman–Crippen MR) is 91.3 cm³/mol. The molecule has 0 bridgehead atoms. The molecule has 5 heteroatoms. The number of nitrogens with one attached hydrogen (secondary N) is 2. The smallest absolute Gasteiger partial charge is 0.246 e. The minimum absolute atomic E-state index is 0.0128. The van der Waals surface area contributed by atoms with Gasteiger partial charge < -0.3 is 10.6 Å². The Morgan fingerprint density at radius 2 is 2.19 bits per heavy atom. The molecule has 2 N–H and O–H groups in total. The molecule has 21 heavy (non-hydrogen) atoms. The molecule has 116 valence electrons. The van der Waals surface area contributed by atoms with Gasteiger partial charge in [0.05, 0.1) is 5.02 Å². The van der Waals surface area contributed by atoms with E-state index in [1.54, 1.807) is 11.8 Å². The second-order valence-corrected chi connectivity index (χ2v) is 7.32. The fraction of sp³-hybridized carbons (Fsp3) is 0.562. The maximum atomic E-state index is 12.0. The van der Waals surface area contributed by atoms with Gasteiger partial charge in [0.2, 0.25) is 5.91 Å². The summed E-state index contributed by atoms with van der Waals surface area (Å²) in [6.07, 6.45) is 2.15. The minimum atomic E-state index is -0.271. The van der Waals surface area contributed by atoms with E-state index in [9.17, 15) is 4.79 Å². The molecule has 0 radical (unpaired) electrons. The van der Waals surface area contributed by atoms with Gasteiger partial charge in [0.15, 0.2) is 0 Å². The molecule has 1 aliphatic rings. The van der Waals surface area contributed by atoms with E-state index >= 15 is 0 Å². The van der Waals surface area contributed by atoms with Gasteiger partial charge in [0.25, 0.3) is 0 Å². The van der Waals surface area contributed by atoms with Gasteiger partial charge in [0, 0.05) is 16.1 Å². The molecular weight excluding hydrogens is 304 g/mol. The molecule has 0 saturated carbocycles. The van der Waals surface area contributed by atoms with Crippen molar-refractivity contribution < 1.29 is 4.79 Å². The van der Waals surface area contributed by atoms with Crippen molar-refractivity contribution in [2.45, 2.75) is 44.6 Å². The summed E-state index contributed by atoms with van der Waals surface area (Å²) in [5, 5.41) is 6.95. The summed E-state index contributed by atoms with van der Waals surface area (Å²) in [6, 6.07) is 3.67. The molecule has 1 aliphatic heterocycles. The van der Waals surface area contributed by atoms with Crippen molar-refractivity contribution in [3.8, 4) is 0 Å². The Labute approximate surface area is 136 Å². The average molecular weight is 327 g/mol. The number of carbonyl (C=O) groups excluding carboxylic acids is 1. The van der Waals surface area contributed by atoms with Crippen molar-refractivity contribution in [2.75, 3.05) is 17.6 Å². The maximum absolute atomic E-state index is 12.0. The van der Waals surface area contributed by atoms with Crippen LogP contribution in [-0.4, -0.2) is 18.2 Å². The number of thioether (sulfide) groups is 1. The molecule has 1 heterocycles. The topological polar surface area (TPSA) is 41.1 Å². The monoisotopic (exact) mass is 326 g/mol. The van der Waals surface area contributed by atoms with Gasteiger partial charge in [-0.05, 0) is 43.2 Å². The molecule has 1 amide bonds. The number of hydrogen-bond donors (Lipinski definition) is 2. The van der Waals surface area contributed by atoms with E-state index in [0.717, 1.165) is 46.3 Å². The lowest BCUT2D eigenvalue weighted by molar-refractivity contribution is -0.117. The summed E-state index contributed by atoms with van der Waals surface area (Å²) in [5.74, 6) is 1.74. The van der Waals surface area contributed by atoms with Gasteiger partial charge in [-0.2, -0.15) is 0 Å². The van der Waals surface area contributed by atoms with Crippen molar-refractivity contribution in [2.24, 2.45) is 5.92 Å². The third-order valence-corrected chi connectivity index (χ3v) is 5.00. The number of hydrogen-bond acceptors (Lipinski definition) is 3. The van der Waals surface area contributed by atoms with Crippen LogP contribution in [0.25, 0.3) is 0 Å². The van der Waals surface area contributed by atoms with Gasteiger partial charge in [-0.15, -0.1) is 11.8 Å². The summed E-state index contributed by atoms with van der Waals surface area (Å²) >= 11 is 8.14. The average Bonchev–Trinajstić information content (AvgIpc) is 2.71. The van der Waals surface area contributed by atoms with Crippen molar-refractivity contribution >= 4 is 35.0 Å². The van der Waals surface area contributed by atoms with E-state index in [-0.39, 0.29) is 11.9 Å². The van der Waals surface area contributed by atoms with Crippen LogP contribution in [0.4, 0.5) is 5.69 Å². The number of fused-ring (bicyclic) bond motifs is 1. The van der Waals surface area contributed by atoms with Gasteiger partial charge in [-0.3, -0.25) is 4.79 Å². The summed E-state index contributed by atoms with van der Waals surface area (Å²) in [6.45, 7) is 7.34. The molecule has 0 aliphatic carbocycles. The highest BCUT2D eigenvalue weighted by molar-refractivity contribution is 7.99. The molecule has 1 atom stereocenters. The lowest BCUT2D eigenvalue weighted by Gasteiger charge is -2.12. The van der Waals surface area contributed by atoms with Gasteiger partial charge >= 0.3 is 0 Å². The second kappa shape index (κ2) is 7.52. The van der Waals surface area contributed by atoms with Crippen LogP contribution < -0.4 is 10.6 Å². The lowest BCUT2D eigenvalue weighted by atomic mass is 10.1. The normalized spacial score (nSPS) is 17.2. The zero-order valence-electron chi connectivity index (χ0n) is 12.8. The largest absolute Gasteiger partial charge is 0.324 e. The Kier molecular flexibility index (Phi) is 5.97. The van der Waals surface area contributed by atoms with Crippen LogP contribution in [0, 0.1) is 5.92 Å². The number of rotatable bonds is 7. The molecule has 0 aromatic heterocycles. The molecule has 1 aromatic rings. The number of carbonyl (C=O) groups is 1. The fourth-order valence-electron chi connectivity index (χ4n) is 2.27. The van der Waals surface area contributed by atoms with E-state index in [1.807, 2.05) is 12.1 Å². The first-order valence-electron chi connectivity index (χ1n) is 7.53. The van der Waals surface area contributed by atoms with E-state index in [4.69, 9.17) is 11.6 Å². The van der Waals surface area contributed by atoms with Crippen LogP contribution in [-0.2, 0) is 4.79 Å². The summed E-state index contributed by atoms with van der Waals surface area (Å²) < 4.78 is 0. The predicted octanol–water partition coefficient (Wildman–Crippen LogP) is 4.47. The zero-order chi connectivity index (χ0) is 15.4. The Balaban J connectivity index is 2.12. The highest BCUT2D eigenvalue weighted by Gasteiger charge is 2.30. The second-order valence-electron chi connectivity index (χ2n) is 5.78. The standard InChI is InChI=1S/C16H23ClN2OS/c1-4-6-18-15-11-8-12(17)14(21-7-5-10(2)3)9-13(11)19-16(15)20/h8-10,15,18H,4-7H2,1-3H3,(H,19,20). The first kappa shape index (κ1) is 16.7. The van der Waals surface area contributed by atoms with Crippen LogP contribution >= 0.6 is 23.4 Å². The van der Waals surface area contributed by atoms with Gasteiger partial charge in [-0.25, -0.2) is 0 Å². The highest BCUT2D eigenvalue weighted by atomic mass is 35.5. The fourth-order valence-corrected chi connectivity index (χ4v) is 3.81. The summed E-state index contributed by atoms with van der Waals surface area (Å²) in [7, 11) is 0. The third kappa shape index (κ3) is 4.15. The molecule has 0 fully saturated rings. The van der Waals surface area contributed by atoms with E-state index in [0.29, 0.717) is 5.92 Å². The number of halogens is 1. The maximum Gasteiger partial charge on any atom is 0.246 e. The first-order chi connectivity index (χ1) is 10.0. The van der Waals surface area contributed by atoms with Crippen molar-refractivity contribution in [1.29, 1.82) is 0 Å². The Hall–Kier alpha value is -0.710. The Morgan fingerprint density at radius 3 is 2.86 bits per heavy atom. The number of anilines is 1. The molecule has 3 nitrogen and oxygen atoms in total. The van der Waals surface area contributed by atoms with E-state index in [1.165, 1.54) is 0 Å². The van der Waals surface area contributed by atoms with Crippen LogP contribution in [0.3, 0.4) is 0 Å².